The van der Waals surface area contributed by atoms with Crippen molar-refractivity contribution in [2.24, 2.45) is 11.7 Å². The Kier molecular flexibility index (Phi) is 4.03. The third-order valence-corrected chi connectivity index (χ3v) is 8.51. The normalized spacial score (nSPS) is 19.6. The van der Waals surface area contributed by atoms with E-state index < -0.39 is 8.32 Å². The van der Waals surface area contributed by atoms with Crippen LogP contribution in [0.2, 0.25) is 18.1 Å². The lowest BCUT2D eigenvalue weighted by Crippen LogP contribution is -2.44. The molecule has 1 saturated carbocycles. The van der Waals surface area contributed by atoms with Gasteiger partial charge in [0.1, 0.15) is 0 Å². The first-order chi connectivity index (χ1) is 7.15. The Morgan fingerprint density at radius 3 is 2.31 bits per heavy atom. The molecule has 0 saturated heterocycles. The number of rotatable bonds is 5. The average molecular weight is 241 g/mol. The van der Waals surface area contributed by atoms with Gasteiger partial charge in [-0.3, -0.25) is 0 Å². The van der Waals surface area contributed by atoms with E-state index in [9.17, 15) is 0 Å². The molecule has 0 radical (unpaired) electrons. The van der Waals surface area contributed by atoms with Crippen molar-refractivity contribution in [1.29, 1.82) is 0 Å². The van der Waals surface area contributed by atoms with Crippen molar-refractivity contribution in [2.75, 3.05) is 6.61 Å². The summed E-state index contributed by atoms with van der Waals surface area (Å²) >= 11 is 0. The Labute approximate surface area is 101 Å². The van der Waals surface area contributed by atoms with E-state index in [1.807, 2.05) is 0 Å². The van der Waals surface area contributed by atoms with Gasteiger partial charge >= 0.3 is 0 Å². The second kappa shape index (κ2) is 4.63. The van der Waals surface area contributed by atoms with Gasteiger partial charge in [0.2, 0.25) is 0 Å². The van der Waals surface area contributed by atoms with Crippen LogP contribution in [0.25, 0.3) is 0 Å². The van der Waals surface area contributed by atoms with E-state index in [0.29, 0.717) is 12.5 Å². The topological polar surface area (TPSA) is 35.2 Å². The Balaban J connectivity index is 2.41. The molecule has 0 aliphatic heterocycles. The van der Waals surface area contributed by atoms with Gasteiger partial charge in [-0.05, 0) is 36.9 Å². The summed E-state index contributed by atoms with van der Waals surface area (Å²) in [7, 11) is -1.65. The molecule has 0 aromatic carbocycles. The van der Waals surface area contributed by atoms with E-state index >= 15 is 0 Å². The van der Waals surface area contributed by atoms with Crippen LogP contribution in [-0.4, -0.2) is 21.0 Å². The average Bonchev–Trinajstić information content (AvgIpc) is 2.94. The van der Waals surface area contributed by atoms with Gasteiger partial charge in [-0.1, -0.05) is 32.9 Å². The molecule has 1 fully saturated rings. The largest absolute Gasteiger partial charge is 0.415 e. The lowest BCUT2D eigenvalue weighted by molar-refractivity contribution is 0.272. The summed E-state index contributed by atoms with van der Waals surface area (Å²) in [6.07, 6.45) is 2.54. The van der Waals surface area contributed by atoms with Crippen LogP contribution in [0.15, 0.2) is 12.2 Å². The van der Waals surface area contributed by atoms with E-state index in [4.69, 9.17) is 10.2 Å². The van der Waals surface area contributed by atoms with Crippen molar-refractivity contribution >= 4 is 8.32 Å². The maximum Gasteiger partial charge on any atom is 0.192 e. The predicted molar refractivity (Wildman–Crippen MR) is 73.0 cm³/mol. The summed E-state index contributed by atoms with van der Waals surface area (Å²) in [5, 5.41) is 0.258. The molecular formula is C13H27NOSi. The quantitative estimate of drug-likeness (QED) is 0.592. The number of hydrogen-bond acceptors (Lipinski definition) is 2. The van der Waals surface area contributed by atoms with E-state index in [1.54, 1.807) is 0 Å². The Hall–Kier alpha value is -0.123. The van der Waals surface area contributed by atoms with Gasteiger partial charge in [0, 0.05) is 6.04 Å². The van der Waals surface area contributed by atoms with Crippen LogP contribution in [-0.2, 0) is 4.43 Å². The first-order valence-electron chi connectivity index (χ1n) is 6.23. The predicted octanol–water partition coefficient (Wildman–Crippen LogP) is 3.30. The van der Waals surface area contributed by atoms with E-state index in [-0.39, 0.29) is 11.1 Å². The van der Waals surface area contributed by atoms with Gasteiger partial charge in [-0.25, -0.2) is 0 Å². The summed E-state index contributed by atoms with van der Waals surface area (Å²) in [6, 6.07) is 0.0293. The SMILES string of the molecule is C=C(C(N)CO[Si](C)(C)C(C)(C)C)C1CC1. The Bertz CT molecular complexity index is 264. The first-order valence-corrected chi connectivity index (χ1v) is 9.14. The van der Waals surface area contributed by atoms with Crippen LogP contribution in [0.4, 0.5) is 0 Å². The van der Waals surface area contributed by atoms with Crippen molar-refractivity contribution in [1.82, 2.24) is 0 Å². The third-order valence-electron chi connectivity index (χ3n) is 4.01. The van der Waals surface area contributed by atoms with Gasteiger partial charge < -0.3 is 10.2 Å². The highest BCUT2D eigenvalue weighted by Crippen LogP contribution is 2.38. The zero-order valence-electron chi connectivity index (χ0n) is 11.5. The maximum absolute atomic E-state index is 6.11. The van der Waals surface area contributed by atoms with E-state index in [1.165, 1.54) is 18.4 Å². The molecule has 1 rings (SSSR count). The highest BCUT2D eigenvalue weighted by atomic mass is 28.4. The fourth-order valence-electron chi connectivity index (χ4n) is 1.38. The van der Waals surface area contributed by atoms with Gasteiger partial charge in [0.25, 0.3) is 0 Å². The van der Waals surface area contributed by atoms with Crippen LogP contribution in [0.5, 0.6) is 0 Å². The van der Waals surface area contributed by atoms with Gasteiger partial charge in [-0.2, -0.15) is 0 Å². The van der Waals surface area contributed by atoms with Crippen LogP contribution < -0.4 is 5.73 Å². The minimum atomic E-state index is -1.65. The summed E-state index contributed by atoms with van der Waals surface area (Å²) < 4.78 is 6.11. The smallest absolute Gasteiger partial charge is 0.192 e. The van der Waals surface area contributed by atoms with Crippen LogP contribution in [0.3, 0.4) is 0 Å². The molecule has 0 aromatic heterocycles. The van der Waals surface area contributed by atoms with Crippen molar-refractivity contribution < 1.29 is 4.43 Å². The van der Waals surface area contributed by atoms with Crippen LogP contribution in [0, 0.1) is 5.92 Å². The first kappa shape index (κ1) is 13.9. The zero-order valence-corrected chi connectivity index (χ0v) is 12.5. The Morgan fingerprint density at radius 2 is 1.94 bits per heavy atom. The monoisotopic (exact) mass is 241 g/mol. The molecule has 1 aliphatic rings. The highest BCUT2D eigenvalue weighted by molar-refractivity contribution is 6.74. The fraction of sp³-hybridized carbons (Fsp3) is 0.846. The number of hydrogen-bond donors (Lipinski definition) is 1. The molecule has 2 nitrogen and oxygen atoms in total. The van der Waals surface area contributed by atoms with Crippen molar-refractivity contribution in [3.63, 3.8) is 0 Å². The molecule has 0 amide bonds. The summed E-state index contributed by atoms with van der Waals surface area (Å²) in [6.45, 7) is 16.0. The summed E-state index contributed by atoms with van der Waals surface area (Å²) in [5.41, 5.74) is 7.30. The molecule has 0 bridgehead atoms. The molecule has 0 heterocycles. The second-order valence-corrected chi connectivity index (χ2v) is 11.3. The lowest BCUT2D eigenvalue weighted by Gasteiger charge is -2.37. The van der Waals surface area contributed by atoms with E-state index in [0.717, 1.165) is 0 Å². The standard InChI is InChI=1S/C13H27NOSi/c1-10(11-7-8-11)12(14)9-15-16(5,6)13(2,3)4/h11-12H,1,7-9,14H2,2-6H3. The van der Waals surface area contributed by atoms with Gasteiger partial charge in [0.05, 0.1) is 6.61 Å². The second-order valence-electron chi connectivity index (χ2n) is 6.53. The Morgan fingerprint density at radius 1 is 1.44 bits per heavy atom. The third kappa shape index (κ3) is 3.44. The molecule has 0 spiro atoms. The molecule has 1 atom stereocenters. The molecule has 2 N–H and O–H groups in total. The minimum absolute atomic E-state index is 0.0293. The van der Waals surface area contributed by atoms with Crippen molar-refractivity contribution in [3.05, 3.63) is 12.2 Å². The zero-order chi connectivity index (χ0) is 12.6. The molecule has 16 heavy (non-hydrogen) atoms. The molecule has 94 valence electrons. The van der Waals surface area contributed by atoms with E-state index in [2.05, 4.69) is 40.4 Å². The summed E-state index contributed by atoms with van der Waals surface area (Å²) in [5.74, 6) is 0.679. The number of nitrogens with two attached hydrogens (primary N) is 1. The van der Waals surface area contributed by atoms with Crippen molar-refractivity contribution in [2.45, 2.75) is 57.8 Å². The van der Waals surface area contributed by atoms with Gasteiger partial charge in [-0.15, -0.1) is 0 Å². The lowest BCUT2D eigenvalue weighted by atomic mass is 10.1. The molecule has 1 aliphatic carbocycles. The molecule has 1 unspecified atom stereocenters. The van der Waals surface area contributed by atoms with Crippen LogP contribution in [0.1, 0.15) is 33.6 Å². The van der Waals surface area contributed by atoms with Crippen molar-refractivity contribution in [3.8, 4) is 0 Å². The molecule has 3 heteroatoms. The molecular weight excluding hydrogens is 214 g/mol. The van der Waals surface area contributed by atoms with Gasteiger partial charge in [0.15, 0.2) is 8.32 Å². The minimum Gasteiger partial charge on any atom is -0.415 e. The fourth-order valence-corrected chi connectivity index (χ4v) is 2.41. The molecule has 0 aromatic rings. The summed E-state index contributed by atoms with van der Waals surface area (Å²) in [4.78, 5) is 0. The van der Waals surface area contributed by atoms with Crippen LogP contribution >= 0.6 is 0 Å². The maximum atomic E-state index is 6.11. The highest BCUT2D eigenvalue weighted by Gasteiger charge is 2.38.